The molecule has 2 N–H and O–H groups in total. The zero-order chi connectivity index (χ0) is 27.5. The number of carbonyl (C=O) groups excluding carboxylic acids is 4. The van der Waals surface area contributed by atoms with Crippen molar-refractivity contribution in [2.75, 3.05) is 5.32 Å². The van der Waals surface area contributed by atoms with Gasteiger partial charge in [0.25, 0.3) is 11.7 Å². The molecule has 5 rings (SSSR count). The Morgan fingerprint density at radius 1 is 0.744 bits per heavy atom. The van der Waals surface area contributed by atoms with E-state index in [0.717, 1.165) is 5.56 Å². The summed E-state index contributed by atoms with van der Waals surface area (Å²) < 4.78 is 5.55. The molecule has 0 aliphatic carbocycles. The lowest BCUT2D eigenvalue weighted by atomic mass is 9.90. The summed E-state index contributed by atoms with van der Waals surface area (Å²) in [6.07, 6.45) is -1.32. The van der Waals surface area contributed by atoms with Crippen LogP contribution < -0.4 is 5.32 Å². The molecular formula is C32H23NO6. The van der Waals surface area contributed by atoms with Crippen LogP contribution in [-0.4, -0.2) is 28.5 Å². The number of para-hydroxylation sites is 1. The first-order valence-corrected chi connectivity index (χ1v) is 12.2. The van der Waals surface area contributed by atoms with Crippen molar-refractivity contribution in [1.82, 2.24) is 0 Å². The molecule has 0 spiro atoms. The van der Waals surface area contributed by atoms with Crippen LogP contribution >= 0.6 is 0 Å². The van der Waals surface area contributed by atoms with Gasteiger partial charge in [0.15, 0.2) is 11.9 Å². The average molecular weight is 518 g/mol. The fraction of sp³-hybridized carbons (Fsp3) is 0.0625. The van der Waals surface area contributed by atoms with Crippen molar-refractivity contribution in [3.8, 4) is 11.1 Å². The predicted octanol–water partition coefficient (Wildman–Crippen LogP) is 5.94. The number of ether oxygens (including phenoxy) is 1. The minimum absolute atomic E-state index is 0.149. The number of Topliss-reactive ketones (excluding diaryl/α,β-unsaturated/α-hetero) is 2. The minimum Gasteiger partial charge on any atom is -0.507 e. The van der Waals surface area contributed by atoms with E-state index in [4.69, 9.17) is 4.74 Å². The summed E-state index contributed by atoms with van der Waals surface area (Å²) >= 11 is 0. The average Bonchev–Trinajstić information content (AvgIpc) is 3.29. The zero-order valence-electron chi connectivity index (χ0n) is 20.9. The van der Waals surface area contributed by atoms with E-state index in [0.29, 0.717) is 11.1 Å². The highest BCUT2D eigenvalue weighted by molar-refractivity contribution is 6.48. The molecule has 192 valence electrons. The zero-order valence-corrected chi connectivity index (χ0v) is 20.9. The van der Waals surface area contributed by atoms with Gasteiger partial charge in [-0.05, 0) is 36.2 Å². The smallest absolute Gasteiger partial charge is 0.339 e. The van der Waals surface area contributed by atoms with E-state index in [1.807, 2.05) is 30.3 Å². The van der Waals surface area contributed by atoms with Gasteiger partial charge in [-0.25, -0.2) is 4.79 Å². The predicted molar refractivity (Wildman–Crippen MR) is 146 cm³/mol. The summed E-state index contributed by atoms with van der Waals surface area (Å²) in [5.41, 5.74) is 2.23. The van der Waals surface area contributed by atoms with Crippen LogP contribution in [0.3, 0.4) is 0 Å². The van der Waals surface area contributed by atoms with Gasteiger partial charge in [-0.1, -0.05) is 84.9 Å². The van der Waals surface area contributed by atoms with E-state index >= 15 is 0 Å². The summed E-state index contributed by atoms with van der Waals surface area (Å²) in [5.74, 6) is -3.67. The van der Waals surface area contributed by atoms with Crippen LogP contribution in [0.25, 0.3) is 16.9 Å². The van der Waals surface area contributed by atoms with Gasteiger partial charge in [0.2, 0.25) is 0 Å². The number of nitrogens with one attached hydrogen (secondary N) is 1. The Balaban J connectivity index is 1.65. The van der Waals surface area contributed by atoms with Crippen molar-refractivity contribution in [2.24, 2.45) is 0 Å². The number of aliphatic hydroxyl groups is 1. The molecule has 7 nitrogen and oxygen atoms in total. The van der Waals surface area contributed by atoms with Gasteiger partial charge in [0, 0.05) is 16.7 Å². The van der Waals surface area contributed by atoms with E-state index in [9.17, 15) is 24.3 Å². The van der Waals surface area contributed by atoms with Crippen LogP contribution in [0.5, 0.6) is 0 Å². The van der Waals surface area contributed by atoms with Crippen LogP contribution in [0.4, 0.5) is 5.69 Å². The van der Waals surface area contributed by atoms with Crippen molar-refractivity contribution in [3.63, 3.8) is 0 Å². The highest BCUT2D eigenvalue weighted by Crippen LogP contribution is 2.40. The second-order valence-electron chi connectivity index (χ2n) is 8.93. The van der Waals surface area contributed by atoms with Gasteiger partial charge in [0.1, 0.15) is 5.76 Å². The fourth-order valence-electron chi connectivity index (χ4n) is 4.62. The molecule has 0 bridgehead atoms. The molecule has 39 heavy (non-hydrogen) atoms. The third-order valence-corrected chi connectivity index (χ3v) is 6.48. The second-order valence-corrected chi connectivity index (χ2v) is 8.93. The number of amides is 1. The number of anilines is 1. The first-order valence-electron chi connectivity index (χ1n) is 12.2. The number of benzene rings is 4. The summed E-state index contributed by atoms with van der Waals surface area (Å²) in [4.78, 5) is 51.8. The number of esters is 1. The highest BCUT2D eigenvalue weighted by atomic mass is 16.5. The summed E-state index contributed by atoms with van der Waals surface area (Å²) in [5, 5.41) is 14.1. The standard InChI is InChI=1S/C32H23NO6/c1-19(34)21-13-9-10-18-26(21)33-31(37)29(36)27(30-24-16-7-8-17-25(24)32(38)39-30)28(35)23-15-6-5-14-22(23)20-11-3-2-4-12-20/h2-18,30,35H,1H3,(H,33,37)/b28-27+/t30-/m1/s1. The maximum absolute atomic E-state index is 13.8. The lowest BCUT2D eigenvalue weighted by Gasteiger charge is -2.18. The molecular weight excluding hydrogens is 494 g/mol. The Hall–Kier alpha value is -5.30. The summed E-state index contributed by atoms with van der Waals surface area (Å²) in [7, 11) is 0. The number of cyclic esters (lactones) is 1. The number of hydrogen-bond acceptors (Lipinski definition) is 6. The lowest BCUT2D eigenvalue weighted by Crippen LogP contribution is -2.28. The van der Waals surface area contributed by atoms with E-state index < -0.39 is 35.1 Å². The molecule has 1 aliphatic heterocycles. The number of fused-ring (bicyclic) bond motifs is 1. The Bertz CT molecular complexity index is 1650. The monoisotopic (exact) mass is 517 g/mol. The van der Waals surface area contributed by atoms with E-state index in [1.165, 1.54) is 19.1 Å². The van der Waals surface area contributed by atoms with E-state index in [2.05, 4.69) is 5.32 Å². The van der Waals surface area contributed by atoms with Crippen molar-refractivity contribution in [2.45, 2.75) is 13.0 Å². The molecule has 1 atom stereocenters. The van der Waals surface area contributed by atoms with Crippen LogP contribution in [-0.2, 0) is 14.3 Å². The third kappa shape index (κ3) is 4.85. The molecule has 1 aliphatic rings. The first kappa shape index (κ1) is 25.4. The number of rotatable bonds is 7. The van der Waals surface area contributed by atoms with E-state index in [-0.39, 0.29) is 28.2 Å². The molecule has 0 saturated carbocycles. The van der Waals surface area contributed by atoms with Crippen molar-refractivity contribution in [3.05, 3.63) is 131 Å². The van der Waals surface area contributed by atoms with E-state index in [1.54, 1.807) is 60.7 Å². The van der Waals surface area contributed by atoms with Crippen molar-refractivity contribution < 1.29 is 29.0 Å². The molecule has 0 aromatic heterocycles. The van der Waals surface area contributed by atoms with Crippen molar-refractivity contribution in [1.29, 1.82) is 0 Å². The normalized spacial score (nSPS) is 14.6. The lowest BCUT2D eigenvalue weighted by molar-refractivity contribution is -0.133. The Labute approximate surface area is 224 Å². The second kappa shape index (κ2) is 10.6. The first-order chi connectivity index (χ1) is 18.9. The summed E-state index contributed by atoms with van der Waals surface area (Å²) in [6.45, 7) is 1.35. The fourth-order valence-corrected chi connectivity index (χ4v) is 4.62. The molecule has 4 aromatic carbocycles. The Morgan fingerprint density at radius 3 is 2.05 bits per heavy atom. The molecule has 1 heterocycles. The van der Waals surface area contributed by atoms with Crippen LogP contribution in [0.15, 0.2) is 109 Å². The van der Waals surface area contributed by atoms with Gasteiger partial charge >= 0.3 is 5.97 Å². The number of hydrogen-bond donors (Lipinski definition) is 2. The van der Waals surface area contributed by atoms with Crippen LogP contribution in [0.1, 0.15) is 44.9 Å². The molecule has 0 radical (unpaired) electrons. The maximum atomic E-state index is 13.8. The Kier molecular flexibility index (Phi) is 6.89. The van der Waals surface area contributed by atoms with Gasteiger partial charge in [-0.2, -0.15) is 0 Å². The number of carbonyl (C=O) groups is 4. The van der Waals surface area contributed by atoms with Gasteiger partial charge in [-0.3, -0.25) is 14.4 Å². The Morgan fingerprint density at radius 2 is 1.33 bits per heavy atom. The molecule has 1 amide bonds. The minimum atomic E-state index is -1.32. The number of ketones is 2. The SMILES string of the molecule is CC(=O)c1ccccc1NC(=O)C(=O)/C(=C(\O)c1ccccc1-c1ccccc1)[C@@H]1OC(=O)c2ccccc21. The molecule has 0 fully saturated rings. The molecule has 0 unspecified atom stereocenters. The van der Waals surface area contributed by atoms with Crippen LogP contribution in [0.2, 0.25) is 0 Å². The number of aliphatic hydroxyl groups excluding tert-OH is 1. The molecule has 0 saturated heterocycles. The van der Waals surface area contributed by atoms with Crippen molar-refractivity contribution >= 4 is 34.9 Å². The van der Waals surface area contributed by atoms with Gasteiger partial charge in [0.05, 0.1) is 16.8 Å². The maximum Gasteiger partial charge on any atom is 0.339 e. The quantitative estimate of drug-likeness (QED) is 0.103. The third-order valence-electron chi connectivity index (χ3n) is 6.48. The topological polar surface area (TPSA) is 110 Å². The molecule has 7 heteroatoms. The molecule has 4 aromatic rings. The van der Waals surface area contributed by atoms with Gasteiger partial charge < -0.3 is 15.2 Å². The highest BCUT2D eigenvalue weighted by Gasteiger charge is 2.40. The largest absolute Gasteiger partial charge is 0.507 e. The summed E-state index contributed by atoms with van der Waals surface area (Å²) in [6, 6.07) is 28.9. The van der Waals surface area contributed by atoms with Crippen LogP contribution in [0, 0.1) is 0 Å². The van der Waals surface area contributed by atoms with Gasteiger partial charge in [-0.15, -0.1) is 0 Å².